The summed E-state index contributed by atoms with van der Waals surface area (Å²) in [5.74, 6) is -1.85. The zero-order valence-electron chi connectivity index (χ0n) is 13.2. The van der Waals surface area contributed by atoms with Gasteiger partial charge in [0.2, 0.25) is 0 Å². The number of piperidine rings is 1. The van der Waals surface area contributed by atoms with Crippen molar-refractivity contribution in [1.82, 2.24) is 15.5 Å². The highest BCUT2D eigenvalue weighted by Gasteiger charge is 2.21. The summed E-state index contributed by atoms with van der Waals surface area (Å²) >= 11 is 0. The van der Waals surface area contributed by atoms with E-state index in [1.165, 1.54) is 0 Å². The van der Waals surface area contributed by atoms with E-state index in [0.29, 0.717) is 38.9 Å². The molecular weight excluding hydrogens is 304 g/mol. The smallest absolute Gasteiger partial charge is 0.320 e. The van der Waals surface area contributed by atoms with Gasteiger partial charge in [0.15, 0.2) is 0 Å². The fourth-order valence-electron chi connectivity index (χ4n) is 2.48. The lowest BCUT2D eigenvalue weighted by Gasteiger charge is -2.31. The second kappa shape index (κ2) is 10.0. The Hall–Kier alpha value is -1.87. The van der Waals surface area contributed by atoms with Crippen molar-refractivity contribution in [3.8, 4) is 0 Å². The minimum Gasteiger partial charge on any atom is -0.480 e. The van der Waals surface area contributed by atoms with Crippen LogP contribution < -0.4 is 16.4 Å². The molecule has 0 bridgehead atoms. The normalized spacial score (nSPS) is 17.4. The highest BCUT2D eigenvalue weighted by molar-refractivity contribution is 5.74. The Balaban J connectivity index is 2.06. The molecule has 0 aromatic rings. The molecule has 23 heavy (non-hydrogen) atoms. The Morgan fingerprint density at radius 1 is 1.17 bits per heavy atom. The summed E-state index contributed by atoms with van der Waals surface area (Å²) < 4.78 is 0. The molecule has 1 fully saturated rings. The summed E-state index contributed by atoms with van der Waals surface area (Å²) in [6.45, 7) is 1.82. The highest BCUT2D eigenvalue weighted by Crippen LogP contribution is 2.09. The molecule has 9 nitrogen and oxygen atoms in total. The predicted octanol–water partition coefficient (Wildman–Crippen LogP) is -0.583. The Kier molecular flexibility index (Phi) is 8.35. The Morgan fingerprint density at radius 3 is 2.39 bits per heavy atom. The van der Waals surface area contributed by atoms with E-state index < -0.39 is 18.0 Å². The molecule has 1 atom stereocenters. The zero-order valence-corrected chi connectivity index (χ0v) is 13.2. The Morgan fingerprint density at radius 2 is 1.83 bits per heavy atom. The lowest BCUT2D eigenvalue weighted by atomic mass is 10.1. The van der Waals surface area contributed by atoms with Gasteiger partial charge >= 0.3 is 18.0 Å². The van der Waals surface area contributed by atoms with Crippen LogP contribution in [0.1, 0.15) is 32.1 Å². The molecule has 0 aromatic carbocycles. The highest BCUT2D eigenvalue weighted by atomic mass is 16.4. The molecule has 1 rings (SSSR count). The van der Waals surface area contributed by atoms with Crippen molar-refractivity contribution in [2.45, 2.75) is 44.2 Å². The lowest BCUT2D eigenvalue weighted by molar-refractivity contribution is -0.139. The van der Waals surface area contributed by atoms with Crippen molar-refractivity contribution < 1.29 is 24.6 Å². The standard InChI is InChI=1S/C14H26N4O5/c15-11(13(21)22)3-1-2-6-16-14(23)17-10-4-7-18(8-5-10)9-12(19)20/h10-11H,1-9,15H2,(H,19,20)(H,21,22)(H2,16,17,23). The van der Waals surface area contributed by atoms with Crippen molar-refractivity contribution in [3.63, 3.8) is 0 Å². The van der Waals surface area contributed by atoms with Gasteiger partial charge in [-0.15, -0.1) is 0 Å². The number of nitrogens with zero attached hydrogens (tertiary/aromatic N) is 1. The Bertz CT molecular complexity index is 410. The molecular formula is C14H26N4O5. The fraction of sp³-hybridized carbons (Fsp3) is 0.786. The van der Waals surface area contributed by atoms with Gasteiger partial charge in [-0.3, -0.25) is 14.5 Å². The number of carbonyl (C=O) groups is 3. The summed E-state index contributed by atoms with van der Waals surface area (Å²) in [5.41, 5.74) is 5.38. The first kappa shape index (κ1) is 19.2. The number of unbranched alkanes of at least 4 members (excludes halogenated alkanes) is 1. The molecule has 0 saturated carbocycles. The van der Waals surface area contributed by atoms with Crippen LogP contribution in [0.4, 0.5) is 4.79 Å². The minimum atomic E-state index is -1.01. The number of rotatable bonds is 9. The van der Waals surface area contributed by atoms with Gasteiger partial charge in [0.1, 0.15) is 6.04 Å². The van der Waals surface area contributed by atoms with E-state index >= 15 is 0 Å². The fourth-order valence-corrected chi connectivity index (χ4v) is 2.48. The molecule has 9 heteroatoms. The number of carbonyl (C=O) groups excluding carboxylic acids is 1. The number of nitrogens with two attached hydrogens (primary N) is 1. The van der Waals surface area contributed by atoms with Crippen LogP contribution in [0.2, 0.25) is 0 Å². The van der Waals surface area contributed by atoms with Gasteiger partial charge in [-0.05, 0) is 32.1 Å². The van der Waals surface area contributed by atoms with E-state index in [9.17, 15) is 14.4 Å². The molecule has 0 aliphatic carbocycles. The van der Waals surface area contributed by atoms with Crippen LogP contribution in [0, 0.1) is 0 Å². The lowest BCUT2D eigenvalue weighted by Crippen LogP contribution is -2.48. The summed E-state index contributed by atoms with van der Waals surface area (Å²) in [6, 6.07) is -1.04. The van der Waals surface area contributed by atoms with Gasteiger partial charge in [0.25, 0.3) is 0 Å². The van der Waals surface area contributed by atoms with Crippen LogP contribution in [0.3, 0.4) is 0 Å². The average Bonchev–Trinajstić information content (AvgIpc) is 2.48. The molecule has 0 aromatic heterocycles. The van der Waals surface area contributed by atoms with E-state index in [1.54, 1.807) is 0 Å². The average molecular weight is 330 g/mol. The van der Waals surface area contributed by atoms with E-state index in [0.717, 1.165) is 12.8 Å². The first-order valence-electron chi connectivity index (χ1n) is 7.85. The second-order valence-electron chi connectivity index (χ2n) is 5.78. The number of carboxylic acids is 2. The van der Waals surface area contributed by atoms with Gasteiger partial charge in [-0.2, -0.15) is 0 Å². The van der Waals surface area contributed by atoms with Crippen LogP contribution >= 0.6 is 0 Å². The molecule has 1 saturated heterocycles. The quantitative estimate of drug-likeness (QED) is 0.355. The van der Waals surface area contributed by atoms with Gasteiger partial charge in [-0.25, -0.2) is 4.79 Å². The van der Waals surface area contributed by atoms with Gasteiger partial charge in [0, 0.05) is 25.7 Å². The molecule has 0 radical (unpaired) electrons. The van der Waals surface area contributed by atoms with Crippen LogP contribution in [0.25, 0.3) is 0 Å². The van der Waals surface area contributed by atoms with Crippen LogP contribution in [-0.4, -0.2) is 71.3 Å². The molecule has 6 N–H and O–H groups in total. The van der Waals surface area contributed by atoms with Crippen molar-refractivity contribution in [1.29, 1.82) is 0 Å². The summed E-state index contributed by atoms with van der Waals surface area (Å²) in [5, 5.41) is 23.0. The number of amides is 2. The first-order chi connectivity index (χ1) is 10.9. The third kappa shape index (κ3) is 8.36. The van der Waals surface area contributed by atoms with Gasteiger partial charge in [0.05, 0.1) is 6.54 Å². The monoisotopic (exact) mass is 330 g/mol. The van der Waals surface area contributed by atoms with E-state index in [1.807, 2.05) is 4.90 Å². The third-order valence-electron chi connectivity index (χ3n) is 3.83. The molecule has 132 valence electrons. The number of aliphatic carboxylic acids is 2. The first-order valence-corrected chi connectivity index (χ1v) is 7.85. The minimum absolute atomic E-state index is 0.0391. The largest absolute Gasteiger partial charge is 0.480 e. The molecule has 1 unspecified atom stereocenters. The number of likely N-dealkylation sites (tertiary alicyclic amines) is 1. The maximum Gasteiger partial charge on any atom is 0.320 e. The summed E-state index contributed by atoms with van der Waals surface area (Å²) in [4.78, 5) is 34.7. The number of carboxylic acid groups (broad SMARTS) is 2. The zero-order chi connectivity index (χ0) is 17.2. The van der Waals surface area contributed by atoms with Gasteiger partial charge < -0.3 is 26.6 Å². The molecule has 1 aliphatic rings. The van der Waals surface area contributed by atoms with Crippen LogP contribution in [0.5, 0.6) is 0 Å². The molecule has 1 aliphatic heterocycles. The van der Waals surface area contributed by atoms with E-state index in [4.69, 9.17) is 15.9 Å². The third-order valence-corrected chi connectivity index (χ3v) is 3.83. The number of nitrogens with one attached hydrogen (secondary N) is 2. The van der Waals surface area contributed by atoms with Crippen LogP contribution in [-0.2, 0) is 9.59 Å². The SMILES string of the molecule is NC(CCCCNC(=O)NC1CCN(CC(=O)O)CC1)C(=O)O. The van der Waals surface area contributed by atoms with Gasteiger partial charge in [-0.1, -0.05) is 0 Å². The number of hydrogen-bond donors (Lipinski definition) is 5. The number of urea groups is 1. The van der Waals surface area contributed by atoms with Crippen molar-refractivity contribution in [3.05, 3.63) is 0 Å². The molecule has 2 amide bonds. The molecule has 0 spiro atoms. The van der Waals surface area contributed by atoms with E-state index in [-0.39, 0.29) is 18.6 Å². The predicted molar refractivity (Wildman–Crippen MR) is 83.1 cm³/mol. The second-order valence-corrected chi connectivity index (χ2v) is 5.78. The maximum atomic E-state index is 11.7. The van der Waals surface area contributed by atoms with Crippen molar-refractivity contribution >= 4 is 18.0 Å². The maximum absolute atomic E-state index is 11.7. The topological polar surface area (TPSA) is 145 Å². The summed E-state index contributed by atoms with van der Waals surface area (Å²) in [6.07, 6.45) is 3.16. The van der Waals surface area contributed by atoms with Crippen LogP contribution in [0.15, 0.2) is 0 Å². The summed E-state index contributed by atoms with van der Waals surface area (Å²) in [7, 11) is 0. The molecule has 1 heterocycles. The number of hydrogen-bond acceptors (Lipinski definition) is 5. The Labute approximate surface area is 135 Å². The van der Waals surface area contributed by atoms with E-state index in [2.05, 4.69) is 10.6 Å². The van der Waals surface area contributed by atoms with Crippen molar-refractivity contribution in [2.24, 2.45) is 5.73 Å². The van der Waals surface area contributed by atoms with Crippen molar-refractivity contribution in [2.75, 3.05) is 26.2 Å².